The smallest absolute Gasteiger partial charge is 0.191 e. The van der Waals surface area contributed by atoms with Crippen molar-refractivity contribution in [2.75, 3.05) is 11.9 Å². The fourth-order valence-electron chi connectivity index (χ4n) is 2.63. The largest absolute Gasteiger partial charge is 0.365 e. The van der Waals surface area contributed by atoms with E-state index in [4.69, 9.17) is 21.1 Å². The third kappa shape index (κ3) is 5.28. The van der Waals surface area contributed by atoms with Crippen molar-refractivity contribution in [1.82, 2.24) is 9.97 Å². The minimum atomic E-state index is -0.877. The lowest BCUT2D eigenvalue weighted by atomic mass is 10.2. The van der Waals surface area contributed by atoms with Crippen molar-refractivity contribution in [2.45, 2.75) is 49.6 Å². The van der Waals surface area contributed by atoms with E-state index < -0.39 is 17.4 Å². The molecule has 1 saturated heterocycles. The number of thioether (sulfide) groups is 1. The highest BCUT2D eigenvalue weighted by Crippen LogP contribution is 2.27. The van der Waals surface area contributed by atoms with Crippen LogP contribution in [0, 0.1) is 11.6 Å². The summed E-state index contributed by atoms with van der Waals surface area (Å²) in [7, 11) is 0. The molecule has 1 aromatic carbocycles. The molecule has 1 unspecified atom stereocenters. The molecule has 1 N–H and O–H groups in total. The zero-order valence-electron chi connectivity index (χ0n) is 15.1. The van der Waals surface area contributed by atoms with Gasteiger partial charge in [0.2, 0.25) is 0 Å². The number of nitrogens with zero attached hydrogens (tertiary/aromatic N) is 2. The molecule has 2 atom stereocenters. The second kappa shape index (κ2) is 8.26. The van der Waals surface area contributed by atoms with Gasteiger partial charge in [-0.3, -0.25) is 0 Å². The average molecular weight is 416 g/mol. The second-order valence-electron chi connectivity index (χ2n) is 6.66. The van der Waals surface area contributed by atoms with E-state index in [9.17, 15) is 8.78 Å². The lowest BCUT2D eigenvalue weighted by Gasteiger charge is -2.22. The van der Waals surface area contributed by atoms with Crippen molar-refractivity contribution in [3.63, 3.8) is 0 Å². The quantitative estimate of drug-likeness (QED) is 0.421. The lowest BCUT2D eigenvalue weighted by molar-refractivity contribution is -0.139. The Morgan fingerprint density at radius 1 is 1.37 bits per heavy atom. The molecule has 5 nitrogen and oxygen atoms in total. The second-order valence-corrected chi connectivity index (χ2v) is 7.99. The molecule has 0 saturated carbocycles. The summed E-state index contributed by atoms with van der Waals surface area (Å²) in [5, 5.41) is 3.85. The number of hydrogen-bond donors (Lipinski definition) is 1. The van der Waals surface area contributed by atoms with Gasteiger partial charge in [-0.25, -0.2) is 18.7 Å². The van der Waals surface area contributed by atoms with E-state index in [-0.39, 0.29) is 28.6 Å². The van der Waals surface area contributed by atoms with Crippen molar-refractivity contribution >= 4 is 29.2 Å². The fourth-order valence-corrected chi connectivity index (χ4v) is 3.69. The highest BCUT2D eigenvalue weighted by Gasteiger charge is 2.35. The topological polar surface area (TPSA) is 56.3 Å². The highest BCUT2D eigenvalue weighted by molar-refractivity contribution is 7.98. The molecular weight excluding hydrogens is 396 g/mol. The first-order valence-electron chi connectivity index (χ1n) is 8.42. The van der Waals surface area contributed by atoms with E-state index in [1.807, 2.05) is 20.8 Å². The van der Waals surface area contributed by atoms with Crippen molar-refractivity contribution in [3.8, 4) is 0 Å². The van der Waals surface area contributed by atoms with Crippen LogP contribution in [0.15, 0.2) is 29.4 Å². The van der Waals surface area contributed by atoms with E-state index >= 15 is 0 Å². The van der Waals surface area contributed by atoms with Gasteiger partial charge in [0, 0.05) is 17.4 Å². The Balaban J connectivity index is 1.66. The van der Waals surface area contributed by atoms with Gasteiger partial charge >= 0.3 is 0 Å². The zero-order valence-corrected chi connectivity index (χ0v) is 16.7. The van der Waals surface area contributed by atoms with Gasteiger partial charge in [0.25, 0.3) is 0 Å². The molecule has 1 aromatic heterocycles. The van der Waals surface area contributed by atoms with Crippen LogP contribution in [0.1, 0.15) is 26.3 Å². The van der Waals surface area contributed by atoms with Gasteiger partial charge in [0.05, 0.1) is 12.6 Å². The van der Waals surface area contributed by atoms with E-state index in [1.165, 1.54) is 23.9 Å². The van der Waals surface area contributed by atoms with Crippen LogP contribution >= 0.6 is 23.4 Å². The van der Waals surface area contributed by atoms with Gasteiger partial charge in [-0.15, -0.1) is 0 Å². The Bertz CT molecular complexity index is 825. The van der Waals surface area contributed by atoms with Gasteiger partial charge in [-0.05, 0) is 26.8 Å². The highest BCUT2D eigenvalue weighted by atomic mass is 35.5. The SMILES string of the molecule is CC(Nc1cc(Cl)nc(SCc2cccc(F)c2F)n1)[C@H]1COC(C)(C)O1. The molecule has 1 aliphatic rings. The fraction of sp³-hybridized carbons (Fsp3) is 0.444. The molecule has 0 bridgehead atoms. The van der Waals surface area contributed by atoms with Gasteiger partial charge in [-0.1, -0.05) is 35.5 Å². The van der Waals surface area contributed by atoms with Gasteiger partial charge < -0.3 is 14.8 Å². The Kier molecular flexibility index (Phi) is 6.20. The van der Waals surface area contributed by atoms with Gasteiger partial charge in [0.1, 0.15) is 17.1 Å². The first-order chi connectivity index (χ1) is 12.7. The summed E-state index contributed by atoms with van der Waals surface area (Å²) in [5.41, 5.74) is 0.241. The van der Waals surface area contributed by atoms with Crippen LogP contribution in [0.5, 0.6) is 0 Å². The van der Waals surface area contributed by atoms with Crippen LogP contribution in [0.2, 0.25) is 5.15 Å². The molecule has 2 aromatic rings. The van der Waals surface area contributed by atoms with Crippen LogP contribution in [0.3, 0.4) is 0 Å². The summed E-state index contributed by atoms with van der Waals surface area (Å²) >= 11 is 7.26. The molecule has 3 rings (SSSR count). The maximum Gasteiger partial charge on any atom is 0.191 e. The first kappa shape index (κ1) is 20.3. The number of aromatic nitrogens is 2. The summed E-state index contributed by atoms with van der Waals surface area (Å²) < 4.78 is 38.5. The summed E-state index contributed by atoms with van der Waals surface area (Å²) in [4.78, 5) is 8.53. The van der Waals surface area contributed by atoms with Crippen LogP contribution < -0.4 is 5.32 Å². The number of halogens is 3. The number of ether oxygens (including phenoxy) is 2. The molecule has 0 amide bonds. The van der Waals surface area contributed by atoms with Gasteiger partial charge in [0.15, 0.2) is 22.6 Å². The van der Waals surface area contributed by atoms with E-state index in [1.54, 1.807) is 6.07 Å². The van der Waals surface area contributed by atoms with Crippen molar-refractivity contribution < 1.29 is 18.3 Å². The molecule has 146 valence electrons. The molecule has 1 fully saturated rings. The van der Waals surface area contributed by atoms with Gasteiger partial charge in [-0.2, -0.15) is 0 Å². The third-order valence-corrected chi connectivity index (χ3v) is 5.12. The maximum atomic E-state index is 13.8. The Labute approximate surface area is 165 Å². The summed E-state index contributed by atoms with van der Waals surface area (Å²) in [5.74, 6) is -1.64. The molecule has 0 spiro atoms. The number of rotatable bonds is 6. The third-order valence-electron chi connectivity index (χ3n) is 4.03. The molecule has 2 heterocycles. The summed E-state index contributed by atoms with van der Waals surface area (Å²) in [6.45, 7) is 6.16. The number of nitrogens with one attached hydrogen (secondary N) is 1. The normalized spacial score (nSPS) is 19.9. The lowest BCUT2D eigenvalue weighted by Crippen LogP contribution is -2.34. The van der Waals surface area contributed by atoms with Crippen LogP contribution in [0.4, 0.5) is 14.6 Å². The minimum absolute atomic E-state index is 0.0729. The summed E-state index contributed by atoms with van der Waals surface area (Å²) in [6.07, 6.45) is -0.133. The van der Waals surface area contributed by atoms with Crippen molar-refractivity contribution in [1.29, 1.82) is 0 Å². The number of benzene rings is 1. The monoisotopic (exact) mass is 415 g/mol. The minimum Gasteiger partial charge on any atom is -0.365 e. The van der Waals surface area contributed by atoms with E-state index in [0.29, 0.717) is 17.6 Å². The average Bonchev–Trinajstić information content (AvgIpc) is 2.96. The molecule has 9 heteroatoms. The van der Waals surface area contributed by atoms with E-state index in [0.717, 1.165) is 6.07 Å². The molecule has 1 aliphatic heterocycles. The zero-order chi connectivity index (χ0) is 19.6. The van der Waals surface area contributed by atoms with E-state index in [2.05, 4.69) is 15.3 Å². The molecule has 0 aliphatic carbocycles. The van der Waals surface area contributed by atoms with Crippen LogP contribution in [0.25, 0.3) is 0 Å². The van der Waals surface area contributed by atoms with Crippen molar-refractivity contribution in [3.05, 3.63) is 46.6 Å². The number of anilines is 1. The standard InChI is InChI=1S/C18H20ClF2N3O2S/c1-10(13-8-25-18(2,3)26-13)22-15-7-14(19)23-17(24-15)27-9-11-5-4-6-12(20)16(11)21/h4-7,10,13H,8-9H2,1-3H3,(H,22,23,24)/t10?,13-/m1/s1. The van der Waals surface area contributed by atoms with Crippen molar-refractivity contribution in [2.24, 2.45) is 0 Å². The predicted octanol–water partition coefficient (Wildman–Crippen LogP) is 4.65. The van der Waals surface area contributed by atoms with Crippen LogP contribution in [-0.4, -0.2) is 34.5 Å². The molecular formula is C18H20ClF2N3O2S. The predicted molar refractivity (Wildman–Crippen MR) is 101 cm³/mol. The molecule has 0 radical (unpaired) electrons. The Morgan fingerprint density at radius 3 is 2.85 bits per heavy atom. The number of hydrogen-bond acceptors (Lipinski definition) is 6. The summed E-state index contributed by atoms with van der Waals surface area (Å²) in [6, 6.07) is 5.60. The van der Waals surface area contributed by atoms with Crippen LogP contribution in [-0.2, 0) is 15.2 Å². The Hall–Kier alpha value is -1.48. The maximum absolute atomic E-state index is 13.8. The first-order valence-corrected chi connectivity index (χ1v) is 9.78. The Morgan fingerprint density at radius 2 is 2.15 bits per heavy atom. The molecule has 27 heavy (non-hydrogen) atoms.